The summed E-state index contributed by atoms with van der Waals surface area (Å²) in [6.07, 6.45) is 9.74. The van der Waals surface area contributed by atoms with Gasteiger partial charge in [0, 0.05) is 0 Å². The van der Waals surface area contributed by atoms with Gasteiger partial charge in [0.25, 0.3) is 0 Å². The zero-order valence-electron chi connectivity index (χ0n) is 10.7. The fourth-order valence-corrected chi connectivity index (χ4v) is 5.22. The lowest BCUT2D eigenvalue weighted by molar-refractivity contribution is -0.0346. The van der Waals surface area contributed by atoms with Gasteiger partial charge < -0.3 is 0 Å². The van der Waals surface area contributed by atoms with Crippen molar-refractivity contribution in [1.82, 2.24) is 0 Å². The molecule has 0 bridgehead atoms. The summed E-state index contributed by atoms with van der Waals surface area (Å²) < 4.78 is 0. The first-order valence-corrected chi connectivity index (χ1v) is 6.60. The fraction of sp³-hybridized carbons (Fsp3) is 0.867. The maximum atomic E-state index is 2.57. The molecular formula is C15H24. The Kier molecular flexibility index (Phi) is 1.67. The second-order valence-corrected chi connectivity index (χ2v) is 7.18. The van der Waals surface area contributed by atoms with E-state index in [1.54, 1.807) is 5.57 Å². The number of rotatable bonds is 0. The third kappa shape index (κ3) is 0.946. The van der Waals surface area contributed by atoms with Crippen molar-refractivity contribution in [2.24, 2.45) is 22.2 Å². The van der Waals surface area contributed by atoms with Gasteiger partial charge in [0.15, 0.2) is 0 Å². The van der Waals surface area contributed by atoms with E-state index in [0.717, 1.165) is 5.92 Å². The van der Waals surface area contributed by atoms with Crippen molar-refractivity contribution in [1.29, 1.82) is 0 Å². The van der Waals surface area contributed by atoms with E-state index >= 15 is 0 Å². The first-order valence-electron chi connectivity index (χ1n) is 6.60. The maximum Gasteiger partial charge on any atom is -0.0118 e. The SMILES string of the molecule is CC1=CC[C@]2(C)CCCC(C)(C)[C@]23C[C@H]13. The minimum atomic E-state index is 0.584. The lowest BCUT2D eigenvalue weighted by atomic mass is 9.50. The summed E-state index contributed by atoms with van der Waals surface area (Å²) in [7, 11) is 0. The van der Waals surface area contributed by atoms with E-state index in [4.69, 9.17) is 0 Å². The Balaban J connectivity index is 2.10. The molecule has 0 unspecified atom stereocenters. The molecule has 3 atom stereocenters. The predicted octanol–water partition coefficient (Wildman–Crippen LogP) is 4.56. The largest absolute Gasteiger partial charge is 0.0847 e. The van der Waals surface area contributed by atoms with Gasteiger partial charge in [0.05, 0.1) is 0 Å². The Hall–Kier alpha value is -0.260. The van der Waals surface area contributed by atoms with Crippen LogP contribution in [0.2, 0.25) is 0 Å². The van der Waals surface area contributed by atoms with Crippen LogP contribution in [0.15, 0.2) is 11.6 Å². The molecule has 2 saturated carbocycles. The summed E-state index contributed by atoms with van der Waals surface area (Å²) in [5.41, 5.74) is 3.58. The van der Waals surface area contributed by atoms with Crippen LogP contribution in [0.4, 0.5) is 0 Å². The first kappa shape index (κ1) is 9.93. The van der Waals surface area contributed by atoms with E-state index in [1.165, 1.54) is 32.1 Å². The summed E-state index contributed by atoms with van der Waals surface area (Å²) in [5, 5.41) is 0. The molecule has 15 heavy (non-hydrogen) atoms. The molecule has 3 aliphatic rings. The Morgan fingerprint density at radius 2 is 1.93 bits per heavy atom. The molecule has 0 amide bonds. The van der Waals surface area contributed by atoms with Crippen molar-refractivity contribution in [2.75, 3.05) is 0 Å². The van der Waals surface area contributed by atoms with Gasteiger partial charge in [-0.2, -0.15) is 0 Å². The smallest absolute Gasteiger partial charge is 0.0118 e. The molecule has 0 heteroatoms. The van der Waals surface area contributed by atoms with Crippen LogP contribution < -0.4 is 0 Å². The van der Waals surface area contributed by atoms with E-state index in [1.807, 2.05) is 0 Å². The van der Waals surface area contributed by atoms with Crippen LogP contribution in [0.25, 0.3) is 0 Å². The van der Waals surface area contributed by atoms with Crippen LogP contribution in [-0.2, 0) is 0 Å². The minimum Gasteiger partial charge on any atom is -0.0847 e. The predicted molar refractivity (Wildman–Crippen MR) is 64.7 cm³/mol. The van der Waals surface area contributed by atoms with E-state index in [-0.39, 0.29) is 0 Å². The standard InChI is InChI=1S/C15H24/c1-11-6-9-14(4)8-5-7-13(2,3)15(14)10-12(11)15/h6,12H,5,7-10H2,1-4H3/t12-,14+,15-/m1/s1. The second-order valence-electron chi connectivity index (χ2n) is 7.18. The highest BCUT2D eigenvalue weighted by Gasteiger charge is 2.72. The third-order valence-corrected chi connectivity index (χ3v) is 6.20. The Morgan fingerprint density at radius 3 is 2.67 bits per heavy atom. The van der Waals surface area contributed by atoms with Crippen LogP contribution in [-0.4, -0.2) is 0 Å². The maximum absolute atomic E-state index is 2.57. The Labute approximate surface area is 94.1 Å². The van der Waals surface area contributed by atoms with Gasteiger partial charge in [-0.15, -0.1) is 0 Å². The fourth-order valence-electron chi connectivity index (χ4n) is 5.22. The van der Waals surface area contributed by atoms with Crippen molar-refractivity contribution >= 4 is 0 Å². The molecule has 3 rings (SSSR count). The average Bonchev–Trinajstić information content (AvgIpc) is 2.88. The molecule has 84 valence electrons. The van der Waals surface area contributed by atoms with Gasteiger partial charge in [0.2, 0.25) is 0 Å². The molecule has 0 N–H and O–H groups in total. The first-order chi connectivity index (χ1) is 6.93. The van der Waals surface area contributed by atoms with Gasteiger partial charge in [-0.25, -0.2) is 0 Å². The molecule has 1 spiro atoms. The van der Waals surface area contributed by atoms with Crippen molar-refractivity contribution in [3.05, 3.63) is 11.6 Å². The average molecular weight is 204 g/mol. The van der Waals surface area contributed by atoms with E-state index < -0.39 is 0 Å². The summed E-state index contributed by atoms with van der Waals surface area (Å²) >= 11 is 0. The molecule has 0 aromatic rings. The van der Waals surface area contributed by atoms with Gasteiger partial charge in [0.1, 0.15) is 0 Å². The normalized spacial score (nSPS) is 51.5. The van der Waals surface area contributed by atoms with Crippen LogP contribution in [0, 0.1) is 22.2 Å². The summed E-state index contributed by atoms with van der Waals surface area (Å²) in [4.78, 5) is 0. The van der Waals surface area contributed by atoms with Crippen LogP contribution >= 0.6 is 0 Å². The molecule has 0 aromatic carbocycles. The molecule has 0 aliphatic heterocycles. The van der Waals surface area contributed by atoms with Crippen LogP contribution in [0.3, 0.4) is 0 Å². The number of allylic oxidation sites excluding steroid dienone is 2. The lowest BCUT2D eigenvalue weighted by Crippen LogP contribution is -2.46. The van der Waals surface area contributed by atoms with Crippen LogP contribution in [0.5, 0.6) is 0 Å². The highest BCUT2D eigenvalue weighted by Crippen LogP contribution is 2.80. The molecule has 0 saturated heterocycles. The highest BCUT2D eigenvalue weighted by molar-refractivity contribution is 5.33. The monoisotopic (exact) mass is 204 g/mol. The van der Waals surface area contributed by atoms with Crippen molar-refractivity contribution in [3.63, 3.8) is 0 Å². The molecule has 0 heterocycles. The van der Waals surface area contributed by atoms with Crippen molar-refractivity contribution in [3.8, 4) is 0 Å². The van der Waals surface area contributed by atoms with Gasteiger partial charge in [-0.1, -0.05) is 38.8 Å². The zero-order chi connectivity index (χ0) is 10.9. The summed E-state index contributed by atoms with van der Waals surface area (Å²) in [5.74, 6) is 0.937. The van der Waals surface area contributed by atoms with E-state index in [0.29, 0.717) is 16.2 Å². The highest BCUT2D eigenvalue weighted by atomic mass is 14.8. The molecule has 0 aromatic heterocycles. The summed E-state index contributed by atoms with van der Waals surface area (Å²) in [6, 6.07) is 0. The molecule has 2 fully saturated rings. The molecular weight excluding hydrogens is 180 g/mol. The van der Waals surface area contributed by atoms with Crippen molar-refractivity contribution < 1.29 is 0 Å². The van der Waals surface area contributed by atoms with Crippen LogP contribution in [0.1, 0.15) is 59.8 Å². The minimum absolute atomic E-state index is 0.584. The topological polar surface area (TPSA) is 0 Å². The molecule has 0 nitrogen and oxygen atoms in total. The quantitative estimate of drug-likeness (QED) is 0.507. The second kappa shape index (κ2) is 2.52. The lowest BCUT2D eigenvalue weighted by Gasteiger charge is -2.54. The van der Waals surface area contributed by atoms with Crippen molar-refractivity contribution in [2.45, 2.75) is 59.8 Å². The van der Waals surface area contributed by atoms with Gasteiger partial charge in [-0.3, -0.25) is 0 Å². The van der Waals surface area contributed by atoms with Gasteiger partial charge >= 0.3 is 0 Å². The number of hydrogen-bond acceptors (Lipinski definition) is 0. The van der Waals surface area contributed by atoms with E-state index in [2.05, 4.69) is 33.8 Å². The Bertz CT molecular complexity index is 336. The van der Waals surface area contributed by atoms with Gasteiger partial charge in [-0.05, 0) is 54.8 Å². The Morgan fingerprint density at radius 1 is 1.20 bits per heavy atom. The molecule has 0 radical (unpaired) electrons. The van der Waals surface area contributed by atoms with E-state index in [9.17, 15) is 0 Å². The third-order valence-electron chi connectivity index (χ3n) is 6.20. The summed E-state index contributed by atoms with van der Waals surface area (Å²) in [6.45, 7) is 9.99. The molecule has 3 aliphatic carbocycles. The number of hydrogen-bond donors (Lipinski definition) is 0. The zero-order valence-corrected chi connectivity index (χ0v) is 10.7.